The van der Waals surface area contributed by atoms with Gasteiger partial charge in [-0.15, -0.1) is 0 Å². The molecular weight excluding hydrogens is 304 g/mol. The lowest BCUT2D eigenvalue weighted by Gasteiger charge is -1.89. The van der Waals surface area contributed by atoms with Gasteiger partial charge in [0.25, 0.3) is 0 Å². The number of hydrogen-bond acceptors (Lipinski definition) is 5. The molecule has 0 spiro atoms. The maximum atomic E-state index is 9.70. The van der Waals surface area contributed by atoms with Gasteiger partial charge in [0.05, 0.1) is 5.92 Å². The van der Waals surface area contributed by atoms with Gasteiger partial charge in [-0.1, -0.05) is 13.8 Å². The highest BCUT2D eigenvalue weighted by Gasteiger charge is 1.99. The molecule has 0 radical (unpaired) electrons. The van der Waals surface area contributed by atoms with E-state index in [1.807, 2.05) is 0 Å². The largest absolute Gasteiger partial charge is 0.481 e. The first-order chi connectivity index (χ1) is 9.89. The summed E-state index contributed by atoms with van der Waals surface area (Å²) in [4.78, 5) is 47.9. The Morgan fingerprint density at radius 1 is 0.591 bits per heavy atom. The van der Waals surface area contributed by atoms with Crippen molar-refractivity contribution < 1.29 is 49.5 Å². The topological polar surface area (TPSA) is 186 Å². The van der Waals surface area contributed by atoms with Crippen LogP contribution in [-0.4, -0.2) is 55.4 Å². The summed E-state index contributed by atoms with van der Waals surface area (Å²) < 4.78 is 0. The molecular formula is C12H16O10. The van der Waals surface area contributed by atoms with Crippen LogP contribution in [0.25, 0.3) is 0 Å². The van der Waals surface area contributed by atoms with E-state index in [-0.39, 0.29) is 5.92 Å². The zero-order valence-corrected chi connectivity index (χ0v) is 11.7. The van der Waals surface area contributed by atoms with Gasteiger partial charge in [0.1, 0.15) is 0 Å². The molecule has 0 bridgehead atoms. The van der Waals surface area contributed by atoms with E-state index in [1.54, 1.807) is 13.8 Å². The summed E-state index contributed by atoms with van der Waals surface area (Å²) in [6, 6.07) is 0. The molecule has 0 aliphatic heterocycles. The maximum Gasteiger partial charge on any atom is 0.328 e. The van der Waals surface area contributed by atoms with Crippen LogP contribution < -0.4 is 0 Å². The van der Waals surface area contributed by atoms with E-state index in [9.17, 15) is 24.0 Å². The number of hydrogen-bond donors (Lipinski definition) is 5. The van der Waals surface area contributed by atoms with Crippen LogP contribution in [0.1, 0.15) is 13.8 Å². The van der Waals surface area contributed by atoms with Crippen LogP contribution in [0.2, 0.25) is 0 Å². The molecule has 0 aromatic rings. The molecule has 0 aromatic heterocycles. The van der Waals surface area contributed by atoms with Crippen LogP contribution in [0.3, 0.4) is 0 Å². The minimum atomic E-state index is -1.26. The molecule has 10 nitrogen and oxygen atoms in total. The highest BCUT2D eigenvalue weighted by Crippen LogP contribution is 1.87. The molecule has 0 fully saturated rings. The lowest BCUT2D eigenvalue weighted by Crippen LogP contribution is -2.03. The van der Waals surface area contributed by atoms with Crippen molar-refractivity contribution in [2.45, 2.75) is 13.8 Å². The molecule has 10 heteroatoms. The van der Waals surface area contributed by atoms with Crippen molar-refractivity contribution in [3.63, 3.8) is 0 Å². The summed E-state index contributed by atoms with van der Waals surface area (Å²) in [5.41, 5.74) is 0. The van der Waals surface area contributed by atoms with Crippen molar-refractivity contribution in [2.24, 2.45) is 5.92 Å². The lowest BCUT2D eigenvalue weighted by atomic mass is 10.2. The quantitative estimate of drug-likeness (QED) is 0.436. The average molecular weight is 320 g/mol. The summed E-state index contributed by atoms with van der Waals surface area (Å²) >= 11 is 0. The van der Waals surface area contributed by atoms with Crippen LogP contribution in [0.5, 0.6) is 0 Å². The van der Waals surface area contributed by atoms with E-state index in [2.05, 4.69) is 0 Å². The van der Waals surface area contributed by atoms with E-state index in [1.165, 1.54) is 0 Å². The minimum Gasteiger partial charge on any atom is -0.481 e. The molecule has 0 atom stereocenters. The second kappa shape index (κ2) is 14.2. The van der Waals surface area contributed by atoms with Crippen molar-refractivity contribution >= 4 is 29.8 Å². The highest BCUT2D eigenvalue weighted by atomic mass is 16.4. The van der Waals surface area contributed by atoms with Gasteiger partial charge in [-0.05, 0) is 0 Å². The van der Waals surface area contributed by atoms with Gasteiger partial charge < -0.3 is 25.5 Å². The van der Waals surface area contributed by atoms with Crippen molar-refractivity contribution in [1.29, 1.82) is 0 Å². The van der Waals surface area contributed by atoms with Crippen LogP contribution >= 0.6 is 0 Å². The van der Waals surface area contributed by atoms with Gasteiger partial charge in [0, 0.05) is 24.3 Å². The molecule has 0 aliphatic rings. The third-order valence-electron chi connectivity index (χ3n) is 1.23. The summed E-state index contributed by atoms with van der Waals surface area (Å²) in [6.45, 7) is 3.28. The summed E-state index contributed by atoms with van der Waals surface area (Å²) in [5, 5.41) is 39.2. The van der Waals surface area contributed by atoms with Crippen molar-refractivity contribution in [3.8, 4) is 0 Å². The second-order valence-electron chi connectivity index (χ2n) is 3.51. The number of carboxylic acids is 5. The average Bonchev–Trinajstić information content (AvgIpc) is 2.35. The fourth-order valence-electron chi connectivity index (χ4n) is 0.285. The monoisotopic (exact) mass is 320 g/mol. The molecule has 0 unspecified atom stereocenters. The van der Waals surface area contributed by atoms with Gasteiger partial charge in [-0.2, -0.15) is 0 Å². The second-order valence-corrected chi connectivity index (χ2v) is 3.51. The highest BCUT2D eigenvalue weighted by molar-refractivity contribution is 5.90. The van der Waals surface area contributed by atoms with Gasteiger partial charge in [0.15, 0.2) is 0 Å². The zero-order valence-electron chi connectivity index (χ0n) is 11.7. The predicted molar refractivity (Wildman–Crippen MR) is 71.3 cm³/mol. The van der Waals surface area contributed by atoms with E-state index in [4.69, 9.17) is 25.5 Å². The van der Waals surface area contributed by atoms with Gasteiger partial charge in [-0.3, -0.25) is 4.79 Å². The van der Waals surface area contributed by atoms with Crippen molar-refractivity contribution in [3.05, 3.63) is 24.3 Å². The first kappa shape index (κ1) is 23.9. The van der Waals surface area contributed by atoms with E-state index in [0.717, 1.165) is 0 Å². The zero-order chi connectivity index (χ0) is 18.3. The minimum absolute atomic E-state index is 0.231. The molecule has 0 saturated carbocycles. The Bertz CT molecular complexity index is 393. The summed E-state index contributed by atoms with van der Waals surface area (Å²) in [7, 11) is 0. The van der Waals surface area contributed by atoms with E-state index < -0.39 is 29.8 Å². The van der Waals surface area contributed by atoms with Crippen LogP contribution in [-0.2, 0) is 24.0 Å². The molecule has 5 N–H and O–H groups in total. The normalized spacial score (nSPS) is 9.41. The first-order valence-electron chi connectivity index (χ1n) is 5.40. The molecule has 0 amide bonds. The molecule has 0 heterocycles. The Labute approximate surface area is 124 Å². The van der Waals surface area contributed by atoms with Gasteiger partial charge >= 0.3 is 29.8 Å². The number of rotatable bonds is 5. The summed E-state index contributed by atoms with van der Waals surface area (Å²) in [6.07, 6.45) is 2.23. The third kappa shape index (κ3) is 36.0. The fourth-order valence-corrected chi connectivity index (χ4v) is 0.285. The predicted octanol–water partition coefficient (Wildman–Crippen LogP) is 0.151. The van der Waals surface area contributed by atoms with Crippen LogP contribution in [0.4, 0.5) is 0 Å². The summed E-state index contributed by atoms with van der Waals surface area (Å²) in [5.74, 6) is -6.00. The maximum absolute atomic E-state index is 9.70. The number of carbonyl (C=O) groups is 5. The van der Waals surface area contributed by atoms with Crippen molar-refractivity contribution in [1.82, 2.24) is 0 Å². The molecule has 124 valence electrons. The van der Waals surface area contributed by atoms with E-state index in [0.29, 0.717) is 24.3 Å². The standard InChI is InChI=1S/2C4H4O4.C4H8O2/c2*5-3(6)1-2-4(7)8;1-3(2)4(5)6/h2*1-2H,(H,5,6)(H,7,8);3H,1-2H3,(H,5,6). The van der Waals surface area contributed by atoms with Crippen LogP contribution in [0, 0.1) is 5.92 Å². The van der Waals surface area contributed by atoms with Gasteiger partial charge in [0.2, 0.25) is 0 Å². The fraction of sp³-hybridized carbons (Fsp3) is 0.250. The smallest absolute Gasteiger partial charge is 0.328 e. The molecule has 22 heavy (non-hydrogen) atoms. The first-order valence-corrected chi connectivity index (χ1v) is 5.40. The Kier molecular flexibility index (Phi) is 15.5. The SMILES string of the molecule is CC(C)C(=O)O.O=C(O)C=CC(=O)O.O=C(O)C=CC(=O)O. The third-order valence-corrected chi connectivity index (χ3v) is 1.23. The molecule has 0 aromatic carbocycles. The Hall–Kier alpha value is -3.17. The Balaban J connectivity index is -0.000000249. The molecule has 0 saturated heterocycles. The molecule has 0 rings (SSSR count). The lowest BCUT2D eigenvalue weighted by molar-refractivity contribution is -0.140. The molecule has 0 aliphatic carbocycles. The van der Waals surface area contributed by atoms with Crippen molar-refractivity contribution in [2.75, 3.05) is 0 Å². The Morgan fingerprint density at radius 2 is 0.727 bits per heavy atom. The van der Waals surface area contributed by atoms with E-state index >= 15 is 0 Å². The Morgan fingerprint density at radius 3 is 0.773 bits per heavy atom. The number of aliphatic carboxylic acids is 5. The van der Waals surface area contributed by atoms with Crippen LogP contribution in [0.15, 0.2) is 24.3 Å². The van der Waals surface area contributed by atoms with Gasteiger partial charge in [-0.25, -0.2) is 19.2 Å². The number of carboxylic acid groups (broad SMARTS) is 5.